The molecule has 0 saturated carbocycles. The van der Waals surface area contributed by atoms with Crippen molar-refractivity contribution in [1.82, 2.24) is 10.2 Å². The topological polar surface area (TPSA) is 50.8 Å². The molecule has 1 saturated heterocycles. The van der Waals surface area contributed by atoms with Gasteiger partial charge >= 0.3 is 0 Å². The van der Waals surface area contributed by atoms with Crippen LogP contribution in [0.2, 0.25) is 0 Å². The van der Waals surface area contributed by atoms with Crippen LogP contribution in [0.25, 0.3) is 0 Å². The molecule has 1 atom stereocenters. The summed E-state index contributed by atoms with van der Waals surface area (Å²) in [5.41, 5.74) is 0.635. The van der Waals surface area contributed by atoms with Gasteiger partial charge in [-0.1, -0.05) is 0 Å². The van der Waals surface area contributed by atoms with Gasteiger partial charge in [0.25, 0.3) is 5.91 Å². The molecule has 1 fully saturated rings. The molecule has 2 rings (SSSR count). The molecule has 21 heavy (non-hydrogen) atoms. The van der Waals surface area contributed by atoms with Crippen LogP contribution in [-0.4, -0.2) is 50.2 Å². The van der Waals surface area contributed by atoms with Crippen LogP contribution in [0.15, 0.2) is 18.2 Å². The summed E-state index contributed by atoms with van der Waals surface area (Å²) in [6, 6.07) is 5.65. The fourth-order valence-corrected chi connectivity index (χ4v) is 2.52. The van der Waals surface area contributed by atoms with Gasteiger partial charge < -0.3 is 19.7 Å². The number of nitrogens with zero attached hydrogens (tertiary/aromatic N) is 1. The highest BCUT2D eigenvalue weighted by atomic mass is 16.5. The maximum absolute atomic E-state index is 12.6. The number of benzene rings is 1. The molecule has 1 amide bonds. The average Bonchev–Trinajstić information content (AvgIpc) is 3.02. The van der Waals surface area contributed by atoms with E-state index in [0.717, 1.165) is 19.5 Å². The van der Waals surface area contributed by atoms with E-state index < -0.39 is 0 Å². The van der Waals surface area contributed by atoms with E-state index in [0.29, 0.717) is 30.3 Å². The van der Waals surface area contributed by atoms with E-state index in [1.807, 2.05) is 31.9 Å². The molecule has 116 valence electrons. The molecule has 1 unspecified atom stereocenters. The lowest BCUT2D eigenvalue weighted by atomic mass is 10.1. The summed E-state index contributed by atoms with van der Waals surface area (Å²) < 4.78 is 11.1. The first-order chi connectivity index (χ1) is 10.2. The quantitative estimate of drug-likeness (QED) is 0.870. The van der Waals surface area contributed by atoms with E-state index in [1.165, 1.54) is 0 Å². The Balaban J connectivity index is 2.18. The molecular weight excluding hydrogens is 268 g/mol. The van der Waals surface area contributed by atoms with E-state index >= 15 is 0 Å². The third kappa shape index (κ3) is 3.67. The minimum absolute atomic E-state index is 0.0210. The van der Waals surface area contributed by atoms with E-state index in [1.54, 1.807) is 12.1 Å². The monoisotopic (exact) mass is 292 g/mol. The lowest BCUT2D eigenvalue weighted by molar-refractivity contribution is 0.0743. The van der Waals surface area contributed by atoms with Gasteiger partial charge in [-0.3, -0.25) is 4.79 Å². The lowest BCUT2D eigenvalue weighted by Gasteiger charge is -2.24. The van der Waals surface area contributed by atoms with Crippen molar-refractivity contribution in [2.24, 2.45) is 0 Å². The molecule has 1 aromatic carbocycles. The Morgan fingerprint density at radius 2 is 2.00 bits per heavy atom. The predicted octanol–water partition coefficient (Wildman–Crippen LogP) is 1.92. The fraction of sp³-hybridized carbons (Fsp3) is 0.562. The number of carbonyl (C=O) groups excluding carboxylic acids is 1. The fourth-order valence-electron chi connectivity index (χ4n) is 2.52. The Hall–Kier alpha value is -1.75. The van der Waals surface area contributed by atoms with Gasteiger partial charge in [-0.25, -0.2) is 0 Å². The normalized spacial score (nSPS) is 17.6. The molecule has 1 aromatic rings. The first-order valence-corrected chi connectivity index (χ1v) is 7.54. The van der Waals surface area contributed by atoms with Gasteiger partial charge in [0, 0.05) is 25.2 Å². The van der Waals surface area contributed by atoms with Crippen molar-refractivity contribution in [3.63, 3.8) is 0 Å². The van der Waals surface area contributed by atoms with Crippen molar-refractivity contribution in [3.05, 3.63) is 23.8 Å². The Morgan fingerprint density at radius 1 is 1.29 bits per heavy atom. The van der Waals surface area contributed by atoms with E-state index in [4.69, 9.17) is 9.47 Å². The number of nitrogens with one attached hydrogen (secondary N) is 1. The van der Waals surface area contributed by atoms with Gasteiger partial charge in [0.2, 0.25) is 0 Å². The van der Waals surface area contributed by atoms with Crippen LogP contribution in [0.4, 0.5) is 0 Å². The zero-order valence-electron chi connectivity index (χ0n) is 13.0. The molecule has 1 N–H and O–H groups in total. The van der Waals surface area contributed by atoms with Crippen molar-refractivity contribution in [2.75, 3.05) is 33.4 Å². The van der Waals surface area contributed by atoms with Crippen molar-refractivity contribution in [3.8, 4) is 11.5 Å². The summed E-state index contributed by atoms with van der Waals surface area (Å²) in [7, 11) is 1.86. The van der Waals surface area contributed by atoms with E-state index in [2.05, 4.69) is 5.32 Å². The third-order valence-corrected chi connectivity index (χ3v) is 3.69. The Labute approximate surface area is 126 Å². The van der Waals surface area contributed by atoms with Crippen molar-refractivity contribution in [2.45, 2.75) is 26.3 Å². The predicted molar refractivity (Wildman–Crippen MR) is 82.1 cm³/mol. The van der Waals surface area contributed by atoms with Crippen molar-refractivity contribution >= 4 is 5.91 Å². The molecule has 1 aliphatic rings. The summed E-state index contributed by atoms with van der Waals surface area (Å²) >= 11 is 0. The van der Waals surface area contributed by atoms with Crippen LogP contribution in [0.5, 0.6) is 11.5 Å². The SMILES string of the molecule is CCOc1ccc(C(=O)N(C)C2CCNC2)cc1OCC. The molecule has 5 nitrogen and oxygen atoms in total. The zero-order chi connectivity index (χ0) is 15.2. The molecule has 0 bridgehead atoms. The Morgan fingerprint density at radius 3 is 2.62 bits per heavy atom. The average molecular weight is 292 g/mol. The number of hydrogen-bond donors (Lipinski definition) is 1. The van der Waals surface area contributed by atoms with Crippen LogP contribution in [0.3, 0.4) is 0 Å². The van der Waals surface area contributed by atoms with Crippen LogP contribution in [-0.2, 0) is 0 Å². The highest BCUT2D eigenvalue weighted by Crippen LogP contribution is 2.29. The third-order valence-electron chi connectivity index (χ3n) is 3.69. The maximum atomic E-state index is 12.6. The van der Waals surface area contributed by atoms with Crippen LogP contribution >= 0.6 is 0 Å². The number of rotatable bonds is 6. The molecule has 1 heterocycles. The zero-order valence-corrected chi connectivity index (χ0v) is 13.0. The van der Waals surface area contributed by atoms with Gasteiger partial charge in [0.1, 0.15) is 0 Å². The van der Waals surface area contributed by atoms with Gasteiger partial charge in [0.05, 0.1) is 13.2 Å². The highest BCUT2D eigenvalue weighted by molar-refractivity contribution is 5.95. The molecule has 1 aliphatic heterocycles. The summed E-state index contributed by atoms with van der Waals surface area (Å²) in [5.74, 6) is 1.33. The molecule has 0 aliphatic carbocycles. The summed E-state index contributed by atoms with van der Waals surface area (Å²) in [6.45, 7) is 6.78. The number of hydrogen-bond acceptors (Lipinski definition) is 4. The summed E-state index contributed by atoms with van der Waals surface area (Å²) in [6.07, 6.45) is 0.998. The first kappa shape index (κ1) is 15.6. The standard InChI is InChI=1S/C16H24N2O3/c1-4-20-14-7-6-12(10-15(14)21-5-2)16(19)18(3)13-8-9-17-11-13/h6-7,10,13,17H,4-5,8-9,11H2,1-3H3. The smallest absolute Gasteiger partial charge is 0.254 e. The first-order valence-electron chi connectivity index (χ1n) is 7.54. The summed E-state index contributed by atoms with van der Waals surface area (Å²) in [4.78, 5) is 14.4. The lowest BCUT2D eigenvalue weighted by Crippen LogP contribution is -2.38. The summed E-state index contributed by atoms with van der Waals surface area (Å²) in [5, 5.41) is 3.28. The van der Waals surface area contributed by atoms with Crippen LogP contribution in [0, 0.1) is 0 Å². The van der Waals surface area contributed by atoms with Gasteiger partial charge in [0.15, 0.2) is 11.5 Å². The second-order valence-electron chi connectivity index (χ2n) is 5.09. The van der Waals surface area contributed by atoms with E-state index in [9.17, 15) is 4.79 Å². The Bertz CT molecular complexity index is 484. The molecule has 5 heteroatoms. The molecular formula is C16H24N2O3. The van der Waals surface area contributed by atoms with E-state index in [-0.39, 0.29) is 11.9 Å². The van der Waals surface area contributed by atoms with Gasteiger partial charge in [-0.2, -0.15) is 0 Å². The number of carbonyl (C=O) groups is 1. The van der Waals surface area contributed by atoms with Crippen molar-refractivity contribution < 1.29 is 14.3 Å². The number of ether oxygens (including phenoxy) is 2. The Kier molecular flexibility index (Phi) is 5.44. The molecule has 0 spiro atoms. The van der Waals surface area contributed by atoms with Crippen LogP contribution < -0.4 is 14.8 Å². The van der Waals surface area contributed by atoms with Gasteiger partial charge in [-0.05, 0) is 45.0 Å². The highest BCUT2D eigenvalue weighted by Gasteiger charge is 2.24. The number of likely N-dealkylation sites (N-methyl/N-ethyl adjacent to an activating group) is 1. The minimum atomic E-state index is 0.0210. The molecule has 0 aromatic heterocycles. The second kappa shape index (κ2) is 7.31. The maximum Gasteiger partial charge on any atom is 0.254 e. The van der Waals surface area contributed by atoms with Crippen molar-refractivity contribution in [1.29, 1.82) is 0 Å². The van der Waals surface area contributed by atoms with Crippen LogP contribution in [0.1, 0.15) is 30.6 Å². The minimum Gasteiger partial charge on any atom is -0.490 e. The second-order valence-corrected chi connectivity index (χ2v) is 5.09. The number of amides is 1. The van der Waals surface area contributed by atoms with Gasteiger partial charge in [-0.15, -0.1) is 0 Å². The molecule has 0 radical (unpaired) electrons. The largest absolute Gasteiger partial charge is 0.490 e.